The quantitative estimate of drug-likeness (QED) is 0.857. The van der Waals surface area contributed by atoms with E-state index in [4.69, 9.17) is 4.98 Å². The van der Waals surface area contributed by atoms with Crippen molar-refractivity contribution in [1.82, 2.24) is 9.97 Å². The first-order valence-corrected chi connectivity index (χ1v) is 8.55. The second kappa shape index (κ2) is 6.20. The third-order valence-corrected chi connectivity index (χ3v) is 5.10. The lowest BCUT2D eigenvalue weighted by Gasteiger charge is -2.32. The third kappa shape index (κ3) is 3.14. The minimum atomic E-state index is 0.578. The van der Waals surface area contributed by atoms with Gasteiger partial charge in [0.15, 0.2) is 0 Å². The second-order valence-corrected chi connectivity index (χ2v) is 6.63. The van der Waals surface area contributed by atoms with Gasteiger partial charge >= 0.3 is 0 Å². The summed E-state index contributed by atoms with van der Waals surface area (Å²) in [7, 11) is 1.95. The lowest BCUT2D eigenvalue weighted by Crippen LogP contribution is -2.32. The zero-order valence-corrected chi connectivity index (χ0v) is 13.6. The molecule has 0 spiro atoms. The second-order valence-electron chi connectivity index (χ2n) is 6.63. The lowest BCUT2D eigenvalue weighted by molar-refractivity contribution is 0.316. The molecule has 2 saturated carbocycles. The molecule has 116 valence electrons. The van der Waals surface area contributed by atoms with Crippen molar-refractivity contribution < 1.29 is 0 Å². The Morgan fingerprint density at radius 3 is 2.43 bits per heavy atom. The van der Waals surface area contributed by atoms with Crippen molar-refractivity contribution in [3.8, 4) is 0 Å². The molecule has 2 unspecified atom stereocenters. The van der Waals surface area contributed by atoms with Gasteiger partial charge in [-0.3, -0.25) is 0 Å². The fourth-order valence-corrected chi connectivity index (χ4v) is 3.50. The molecule has 3 rings (SSSR count). The predicted octanol–water partition coefficient (Wildman–Crippen LogP) is 4.08. The fraction of sp³-hybridized carbons (Fsp3) is 0.765. The summed E-state index contributed by atoms with van der Waals surface area (Å²) in [5.41, 5.74) is 1.15. The van der Waals surface area contributed by atoms with Gasteiger partial charge in [-0.2, -0.15) is 0 Å². The number of nitrogens with zero attached hydrogens (tertiary/aromatic N) is 2. The van der Waals surface area contributed by atoms with E-state index >= 15 is 0 Å². The molecule has 4 nitrogen and oxygen atoms in total. The van der Waals surface area contributed by atoms with E-state index in [1.54, 1.807) is 0 Å². The Hall–Kier alpha value is -1.32. The Balaban J connectivity index is 1.84. The summed E-state index contributed by atoms with van der Waals surface area (Å²) in [5.74, 6) is 4.44. The van der Waals surface area contributed by atoms with Crippen molar-refractivity contribution >= 4 is 11.6 Å². The maximum Gasteiger partial charge on any atom is 0.136 e. The molecule has 0 aromatic carbocycles. The number of anilines is 2. The van der Waals surface area contributed by atoms with E-state index in [-0.39, 0.29) is 0 Å². The van der Waals surface area contributed by atoms with Crippen LogP contribution in [-0.2, 0) is 0 Å². The van der Waals surface area contributed by atoms with Crippen LogP contribution in [0.5, 0.6) is 0 Å². The molecule has 1 aromatic rings. The summed E-state index contributed by atoms with van der Waals surface area (Å²) < 4.78 is 0. The van der Waals surface area contributed by atoms with E-state index in [0.29, 0.717) is 12.0 Å². The normalized spacial score (nSPS) is 25.7. The van der Waals surface area contributed by atoms with Crippen LogP contribution in [-0.4, -0.2) is 23.1 Å². The van der Waals surface area contributed by atoms with Gasteiger partial charge in [0.25, 0.3) is 0 Å². The van der Waals surface area contributed by atoms with Crippen LogP contribution >= 0.6 is 0 Å². The van der Waals surface area contributed by atoms with Crippen LogP contribution in [0.4, 0.5) is 11.6 Å². The lowest BCUT2D eigenvalue weighted by atomic mass is 9.83. The molecular formula is C17H28N4. The number of rotatable bonds is 5. The molecule has 2 fully saturated rings. The number of nitrogens with one attached hydrogen (secondary N) is 2. The molecule has 21 heavy (non-hydrogen) atoms. The predicted molar refractivity (Wildman–Crippen MR) is 88.0 cm³/mol. The number of hydrogen-bond acceptors (Lipinski definition) is 4. The highest BCUT2D eigenvalue weighted by atomic mass is 15.1. The smallest absolute Gasteiger partial charge is 0.136 e. The Morgan fingerprint density at radius 2 is 1.76 bits per heavy atom. The minimum absolute atomic E-state index is 0.578. The van der Waals surface area contributed by atoms with Gasteiger partial charge in [-0.05, 0) is 38.5 Å². The van der Waals surface area contributed by atoms with Crippen LogP contribution in [0.1, 0.15) is 69.2 Å². The van der Waals surface area contributed by atoms with Crippen molar-refractivity contribution in [2.24, 2.45) is 5.92 Å². The molecule has 0 saturated heterocycles. The summed E-state index contributed by atoms with van der Waals surface area (Å²) in [5, 5.41) is 6.99. The van der Waals surface area contributed by atoms with Crippen molar-refractivity contribution in [3.05, 3.63) is 11.4 Å². The maximum absolute atomic E-state index is 4.84. The first kappa shape index (κ1) is 14.6. The van der Waals surface area contributed by atoms with Gasteiger partial charge in [0.2, 0.25) is 0 Å². The van der Waals surface area contributed by atoms with Crippen molar-refractivity contribution in [2.45, 2.75) is 70.8 Å². The average Bonchev–Trinajstić information content (AvgIpc) is 3.34. The molecular weight excluding hydrogens is 260 g/mol. The highest BCUT2D eigenvalue weighted by Crippen LogP contribution is 2.40. The Kier molecular flexibility index (Phi) is 4.32. The monoisotopic (exact) mass is 288 g/mol. The molecule has 0 radical (unpaired) electrons. The molecule has 0 bridgehead atoms. The highest BCUT2D eigenvalue weighted by Gasteiger charge is 2.29. The molecule has 2 aliphatic rings. The van der Waals surface area contributed by atoms with Gasteiger partial charge < -0.3 is 10.6 Å². The van der Waals surface area contributed by atoms with Gasteiger partial charge in [-0.25, -0.2) is 9.97 Å². The summed E-state index contributed by atoms with van der Waals surface area (Å²) in [6.07, 6.45) is 9.10. The maximum atomic E-state index is 4.84. The van der Waals surface area contributed by atoms with Gasteiger partial charge in [-0.1, -0.05) is 26.2 Å². The molecule has 0 aliphatic heterocycles. The zero-order chi connectivity index (χ0) is 14.8. The van der Waals surface area contributed by atoms with Crippen LogP contribution in [0, 0.1) is 12.8 Å². The topological polar surface area (TPSA) is 49.8 Å². The Labute approximate surface area is 128 Å². The van der Waals surface area contributed by atoms with Crippen LogP contribution in [0.3, 0.4) is 0 Å². The third-order valence-electron chi connectivity index (χ3n) is 5.10. The zero-order valence-electron chi connectivity index (χ0n) is 13.6. The SMILES string of the molecule is CCC1CCCCC1Nc1nc(C2CC2)nc(NC)c1C. The summed E-state index contributed by atoms with van der Waals surface area (Å²) in [6, 6.07) is 0.578. The van der Waals surface area contributed by atoms with Crippen LogP contribution in [0.15, 0.2) is 0 Å². The van der Waals surface area contributed by atoms with Crippen molar-refractivity contribution in [1.29, 1.82) is 0 Å². The molecule has 0 amide bonds. The van der Waals surface area contributed by atoms with E-state index in [2.05, 4.69) is 29.5 Å². The van der Waals surface area contributed by atoms with Gasteiger partial charge in [0.1, 0.15) is 17.5 Å². The summed E-state index contributed by atoms with van der Waals surface area (Å²) in [6.45, 7) is 4.43. The first-order valence-electron chi connectivity index (χ1n) is 8.55. The Morgan fingerprint density at radius 1 is 1.05 bits per heavy atom. The van der Waals surface area contributed by atoms with E-state index in [0.717, 1.165) is 28.9 Å². The standard InChI is InChI=1S/C17H28N4/c1-4-12-7-5-6-8-14(12)19-16-11(2)15(18-3)20-17(21-16)13-9-10-13/h12-14H,4-10H2,1-3H3,(H2,18,19,20,21). The largest absolute Gasteiger partial charge is 0.373 e. The minimum Gasteiger partial charge on any atom is -0.373 e. The van der Waals surface area contributed by atoms with Crippen molar-refractivity contribution in [2.75, 3.05) is 17.7 Å². The average molecular weight is 288 g/mol. The van der Waals surface area contributed by atoms with E-state index in [1.807, 2.05) is 7.05 Å². The molecule has 2 N–H and O–H groups in total. The molecule has 1 heterocycles. The molecule has 1 aromatic heterocycles. The van der Waals surface area contributed by atoms with Gasteiger partial charge in [0.05, 0.1) is 0 Å². The highest BCUT2D eigenvalue weighted by molar-refractivity contribution is 5.57. The molecule has 2 aliphatic carbocycles. The van der Waals surface area contributed by atoms with Crippen molar-refractivity contribution in [3.63, 3.8) is 0 Å². The van der Waals surface area contributed by atoms with Gasteiger partial charge in [0, 0.05) is 24.6 Å². The fourth-order valence-electron chi connectivity index (χ4n) is 3.50. The molecule has 2 atom stereocenters. The van der Waals surface area contributed by atoms with E-state index < -0.39 is 0 Å². The summed E-state index contributed by atoms with van der Waals surface area (Å²) in [4.78, 5) is 9.53. The molecule has 4 heteroatoms. The Bertz CT molecular complexity index is 496. The van der Waals surface area contributed by atoms with E-state index in [1.165, 1.54) is 44.9 Å². The van der Waals surface area contributed by atoms with Crippen LogP contribution in [0.2, 0.25) is 0 Å². The summed E-state index contributed by atoms with van der Waals surface area (Å²) >= 11 is 0. The number of aromatic nitrogens is 2. The first-order chi connectivity index (χ1) is 10.2. The van der Waals surface area contributed by atoms with Gasteiger partial charge in [-0.15, -0.1) is 0 Å². The van der Waals surface area contributed by atoms with Crippen LogP contribution in [0.25, 0.3) is 0 Å². The van der Waals surface area contributed by atoms with E-state index in [9.17, 15) is 0 Å². The number of hydrogen-bond donors (Lipinski definition) is 2. The van der Waals surface area contributed by atoms with Crippen LogP contribution < -0.4 is 10.6 Å².